The number of rotatable bonds is 7. The van der Waals surface area contributed by atoms with E-state index in [4.69, 9.17) is 13.9 Å². The van der Waals surface area contributed by atoms with Crippen molar-refractivity contribution in [2.24, 2.45) is 0 Å². The first kappa shape index (κ1) is 18.7. The molecule has 27 heavy (non-hydrogen) atoms. The fourth-order valence-electron chi connectivity index (χ4n) is 2.71. The van der Waals surface area contributed by atoms with Crippen molar-refractivity contribution in [1.82, 2.24) is 0 Å². The zero-order valence-electron chi connectivity index (χ0n) is 15.5. The average molecular weight is 366 g/mol. The average Bonchev–Trinajstić information content (AvgIpc) is 2.68. The molecule has 1 heterocycles. The van der Waals surface area contributed by atoms with Crippen LogP contribution >= 0.6 is 0 Å². The predicted molar refractivity (Wildman–Crippen MR) is 104 cm³/mol. The van der Waals surface area contributed by atoms with Crippen LogP contribution in [0, 0.1) is 6.92 Å². The van der Waals surface area contributed by atoms with Crippen LogP contribution in [0.25, 0.3) is 22.3 Å². The van der Waals surface area contributed by atoms with Crippen LogP contribution < -0.4 is 10.2 Å². The summed E-state index contributed by atoms with van der Waals surface area (Å²) in [5.41, 5.74) is 1.81. The van der Waals surface area contributed by atoms with Crippen molar-refractivity contribution in [3.63, 3.8) is 0 Å². The monoisotopic (exact) mass is 366 g/mol. The summed E-state index contributed by atoms with van der Waals surface area (Å²) >= 11 is 0. The van der Waals surface area contributed by atoms with Crippen molar-refractivity contribution >= 4 is 16.9 Å². The molecule has 3 rings (SSSR count). The maximum absolute atomic E-state index is 13.0. The van der Waals surface area contributed by atoms with Crippen molar-refractivity contribution in [3.8, 4) is 17.1 Å². The van der Waals surface area contributed by atoms with Crippen LogP contribution in [0.4, 0.5) is 0 Å². The molecule has 0 amide bonds. The Kier molecular flexibility index (Phi) is 5.91. The Balaban J connectivity index is 1.99. The highest BCUT2D eigenvalue weighted by Gasteiger charge is 2.19. The minimum absolute atomic E-state index is 0.0201. The van der Waals surface area contributed by atoms with E-state index in [2.05, 4.69) is 0 Å². The van der Waals surface area contributed by atoms with E-state index in [0.717, 1.165) is 18.4 Å². The summed E-state index contributed by atoms with van der Waals surface area (Å²) in [6.45, 7) is 3.91. The fourth-order valence-corrected chi connectivity index (χ4v) is 2.71. The van der Waals surface area contributed by atoms with E-state index < -0.39 is 5.97 Å². The number of hydrogen-bond donors (Lipinski definition) is 0. The lowest BCUT2D eigenvalue weighted by Gasteiger charge is -2.12. The predicted octanol–water partition coefficient (Wildman–Crippen LogP) is 4.49. The highest BCUT2D eigenvalue weighted by Crippen LogP contribution is 2.31. The molecule has 0 unspecified atom stereocenters. The third-order valence-electron chi connectivity index (χ3n) is 4.14. The zero-order chi connectivity index (χ0) is 19.2. The Bertz CT molecular complexity index is 989. The molecule has 0 aliphatic carbocycles. The van der Waals surface area contributed by atoms with Gasteiger partial charge in [-0.1, -0.05) is 55.3 Å². The summed E-state index contributed by atoms with van der Waals surface area (Å²) in [7, 11) is 0. The highest BCUT2D eigenvalue weighted by atomic mass is 16.6. The normalized spacial score (nSPS) is 10.7. The minimum atomic E-state index is -0.508. The molecule has 0 aliphatic rings. The van der Waals surface area contributed by atoms with Crippen LogP contribution in [0.3, 0.4) is 0 Å². The van der Waals surface area contributed by atoms with E-state index in [0.29, 0.717) is 28.9 Å². The van der Waals surface area contributed by atoms with Crippen LogP contribution in [-0.2, 0) is 9.53 Å². The SMILES string of the molecule is CCCCOC(=O)COc1c(-c2ccccc2)oc2ccc(C)cc2c1=O. The van der Waals surface area contributed by atoms with E-state index >= 15 is 0 Å². The Morgan fingerprint density at radius 2 is 1.89 bits per heavy atom. The van der Waals surface area contributed by atoms with E-state index in [-0.39, 0.29) is 17.8 Å². The lowest BCUT2D eigenvalue weighted by atomic mass is 10.1. The van der Waals surface area contributed by atoms with Gasteiger partial charge in [0.05, 0.1) is 12.0 Å². The molecule has 0 bridgehead atoms. The van der Waals surface area contributed by atoms with Crippen molar-refractivity contribution in [3.05, 3.63) is 64.3 Å². The maximum atomic E-state index is 13.0. The summed E-state index contributed by atoms with van der Waals surface area (Å²) in [5.74, 6) is -0.184. The molecular weight excluding hydrogens is 344 g/mol. The van der Waals surface area contributed by atoms with Gasteiger partial charge in [0.25, 0.3) is 0 Å². The second kappa shape index (κ2) is 8.54. The molecule has 0 fully saturated rings. The molecule has 0 N–H and O–H groups in total. The molecule has 0 radical (unpaired) electrons. The molecule has 0 aliphatic heterocycles. The van der Waals surface area contributed by atoms with Gasteiger partial charge in [0.2, 0.25) is 11.2 Å². The summed E-state index contributed by atoms with van der Waals surface area (Å²) in [5, 5.41) is 0.420. The zero-order valence-corrected chi connectivity index (χ0v) is 15.5. The van der Waals surface area contributed by atoms with Gasteiger partial charge in [-0.3, -0.25) is 4.79 Å². The molecule has 5 nitrogen and oxygen atoms in total. The summed E-state index contributed by atoms with van der Waals surface area (Å²) in [6.07, 6.45) is 1.72. The first-order chi connectivity index (χ1) is 13.1. The maximum Gasteiger partial charge on any atom is 0.344 e. The highest BCUT2D eigenvalue weighted by molar-refractivity contribution is 5.83. The minimum Gasteiger partial charge on any atom is -0.474 e. The number of ether oxygens (including phenoxy) is 2. The standard InChI is InChI=1S/C22H22O5/c1-3-4-12-25-19(23)14-26-22-20(24)17-13-15(2)10-11-18(17)27-21(22)16-8-6-5-7-9-16/h5-11,13H,3-4,12,14H2,1-2H3. The summed E-state index contributed by atoms with van der Waals surface area (Å²) in [6, 6.07) is 14.6. The van der Waals surface area contributed by atoms with E-state index in [1.165, 1.54) is 0 Å². The lowest BCUT2D eigenvalue weighted by Crippen LogP contribution is -2.19. The molecule has 5 heteroatoms. The van der Waals surface area contributed by atoms with Crippen molar-refractivity contribution < 1.29 is 18.7 Å². The van der Waals surface area contributed by atoms with Crippen LogP contribution in [0.1, 0.15) is 25.3 Å². The summed E-state index contributed by atoms with van der Waals surface area (Å²) < 4.78 is 16.7. The molecule has 140 valence electrons. The number of hydrogen-bond acceptors (Lipinski definition) is 5. The van der Waals surface area contributed by atoms with Crippen molar-refractivity contribution in [2.75, 3.05) is 13.2 Å². The van der Waals surface area contributed by atoms with E-state index in [9.17, 15) is 9.59 Å². The van der Waals surface area contributed by atoms with Gasteiger partial charge in [-0.05, 0) is 25.5 Å². The van der Waals surface area contributed by atoms with Gasteiger partial charge in [0.15, 0.2) is 12.4 Å². The van der Waals surface area contributed by atoms with Gasteiger partial charge in [-0.2, -0.15) is 0 Å². The van der Waals surface area contributed by atoms with Crippen LogP contribution in [0.5, 0.6) is 5.75 Å². The first-order valence-corrected chi connectivity index (χ1v) is 9.01. The molecule has 0 atom stereocenters. The number of fused-ring (bicyclic) bond motifs is 1. The lowest BCUT2D eigenvalue weighted by molar-refractivity contribution is -0.146. The van der Waals surface area contributed by atoms with Crippen LogP contribution in [0.15, 0.2) is 57.7 Å². The molecule has 2 aromatic carbocycles. The molecule has 1 aromatic heterocycles. The Labute approximate surface area is 157 Å². The number of esters is 1. The van der Waals surface area contributed by atoms with Gasteiger partial charge in [-0.15, -0.1) is 0 Å². The van der Waals surface area contributed by atoms with E-state index in [1.54, 1.807) is 12.1 Å². The second-order valence-electron chi connectivity index (χ2n) is 6.32. The van der Waals surface area contributed by atoms with Crippen LogP contribution in [-0.4, -0.2) is 19.2 Å². The molecule has 0 saturated carbocycles. The Morgan fingerprint density at radius 3 is 2.63 bits per heavy atom. The van der Waals surface area contributed by atoms with Gasteiger partial charge >= 0.3 is 5.97 Å². The number of carbonyl (C=O) groups is 1. The number of carbonyl (C=O) groups excluding carboxylic acids is 1. The molecular formula is C22H22O5. The molecule has 0 saturated heterocycles. The third kappa shape index (κ3) is 4.37. The van der Waals surface area contributed by atoms with Crippen molar-refractivity contribution in [1.29, 1.82) is 0 Å². The van der Waals surface area contributed by atoms with Gasteiger partial charge < -0.3 is 13.9 Å². The number of unbranched alkanes of at least 4 members (excludes halogenated alkanes) is 1. The molecule has 3 aromatic rings. The van der Waals surface area contributed by atoms with E-state index in [1.807, 2.05) is 50.2 Å². The van der Waals surface area contributed by atoms with Gasteiger partial charge in [0.1, 0.15) is 5.58 Å². The summed E-state index contributed by atoms with van der Waals surface area (Å²) in [4.78, 5) is 24.9. The Morgan fingerprint density at radius 1 is 1.11 bits per heavy atom. The smallest absolute Gasteiger partial charge is 0.344 e. The van der Waals surface area contributed by atoms with Crippen molar-refractivity contribution in [2.45, 2.75) is 26.7 Å². The quantitative estimate of drug-likeness (QED) is 0.455. The first-order valence-electron chi connectivity index (χ1n) is 9.01. The second-order valence-corrected chi connectivity index (χ2v) is 6.32. The van der Waals surface area contributed by atoms with Crippen LogP contribution in [0.2, 0.25) is 0 Å². The fraction of sp³-hybridized carbons (Fsp3) is 0.273. The molecule has 0 spiro atoms. The number of aryl methyl sites for hydroxylation is 1. The Hall–Kier alpha value is -3.08. The third-order valence-corrected chi connectivity index (χ3v) is 4.14. The number of benzene rings is 2. The van der Waals surface area contributed by atoms with Gasteiger partial charge in [0, 0.05) is 5.56 Å². The van der Waals surface area contributed by atoms with Gasteiger partial charge in [-0.25, -0.2) is 4.79 Å². The topological polar surface area (TPSA) is 65.7 Å². The largest absolute Gasteiger partial charge is 0.474 e.